The summed E-state index contributed by atoms with van der Waals surface area (Å²) in [5, 5.41) is 0. The van der Waals surface area contributed by atoms with Crippen molar-refractivity contribution in [2.75, 3.05) is 13.1 Å². The van der Waals surface area contributed by atoms with Crippen molar-refractivity contribution in [2.24, 2.45) is 17.6 Å². The van der Waals surface area contributed by atoms with Crippen LogP contribution >= 0.6 is 0 Å². The first-order valence-corrected chi connectivity index (χ1v) is 7.48. The maximum absolute atomic E-state index is 6.05. The van der Waals surface area contributed by atoms with E-state index in [0.29, 0.717) is 6.04 Å². The van der Waals surface area contributed by atoms with Crippen molar-refractivity contribution >= 4 is 0 Å². The molecule has 17 heavy (non-hydrogen) atoms. The fraction of sp³-hybridized carbons (Fsp3) is 1.00. The van der Waals surface area contributed by atoms with E-state index in [-0.39, 0.29) is 0 Å². The van der Waals surface area contributed by atoms with E-state index in [1.165, 1.54) is 45.2 Å². The molecule has 0 spiro atoms. The number of hydrogen-bond acceptors (Lipinski definition) is 2. The Labute approximate surface area is 108 Å². The first kappa shape index (κ1) is 15.0. The predicted octanol–water partition coefficient (Wildman–Crippen LogP) is 3.26. The summed E-state index contributed by atoms with van der Waals surface area (Å²) in [6, 6.07) is 1.23. The molecule has 2 heteroatoms. The first-order chi connectivity index (χ1) is 7.99. The zero-order valence-corrected chi connectivity index (χ0v) is 12.3. The van der Waals surface area contributed by atoms with Gasteiger partial charge in [-0.25, -0.2) is 0 Å². The second-order valence-corrected chi connectivity index (χ2v) is 6.63. The van der Waals surface area contributed by atoms with E-state index < -0.39 is 0 Å². The maximum Gasteiger partial charge on any atom is 0.0111 e. The lowest BCUT2D eigenvalue weighted by Crippen LogP contribution is -2.37. The van der Waals surface area contributed by atoms with Crippen LogP contribution in [0.25, 0.3) is 0 Å². The third-order valence-corrected chi connectivity index (χ3v) is 3.95. The van der Waals surface area contributed by atoms with E-state index >= 15 is 0 Å². The van der Waals surface area contributed by atoms with Crippen molar-refractivity contribution in [1.29, 1.82) is 0 Å². The summed E-state index contributed by atoms with van der Waals surface area (Å²) in [5.74, 6) is 1.62. The minimum atomic E-state index is 0.459. The van der Waals surface area contributed by atoms with E-state index in [9.17, 15) is 0 Å². The molecule has 1 fully saturated rings. The number of nitrogens with zero attached hydrogens (tertiary/aromatic N) is 1. The Balaban J connectivity index is 2.40. The van der Waals surface area contributed by atoms with Crippen LogP contribution in [0.4, 0.5) is 0 Å². The molecule has 1 aliphatic carbocycles. The highest BCUT2D eigenvalue weighted by Gasteiger charge is 2.26. The molecule has 0 radical (unpaired) electrons. The first-order valence-electron chi connectivity index (χ1n) is 7.48. The summed E-state index contributed by atoms with van der Waals surface area (Å²) < 4.78 is 0. The summed E-state index contributed by atoms with van der Waals surface area (Å²) in [4.78, 5) is 2.72. The van der Waals surface area contributed by atoms with Crippen LogP contribution in [0.3, 0.4) is 0 Å². The molecular weight excluding hydrogens is 208 g/mol. The summed E-state index contributed by atoms with van der Waals surface area (Å²) in [6.07, 6.45) is 6.41. The highest BCUT2D eigenvalue weighted by atomic mass is 15.2. The average molecular weight is 240 g/mol. The fourth-order valence-corrected chi connectivity index (χ4v) is 2.65. The second-order valence-electron chi connectivity index (χ2n) is 6.63. The molecule has 0 bridgehead atoms. The molecule has 102 valence electrons. The van der Waals surface area contributed by atoms with Gasteiger partial charge < -0.3 is 10.6 Å². The van der Waals surface area contributed by atoms with Gasteiger partial charge in [-0.2, -0.15) is 0 Å². The molecule has 2 atom stereocenters. The quantitative estimate of drug-likeness (QED) is 0.740. The van der Waals surface area contributed by atoms with Crippen molar-refractivity contribution in [3.05, 3.63) is 0 Å². The molecule has 0 aromatic carbocycles. The highest BCUT2D eigenvalue weighted by molar-refractivity contribution is 4.85. The summed E-state index contributed by atoms with van der Waals surface area (Å²) in [6.45, 7) is 11.8. The van der Waals surface area contributed by atoms with E-state index in [2.05, 4.69) is 32.6 Å². The molecule has 0 aromatic rings. The molecule has 1 rings (SSSR count). The van der Waals surface area contributed by atoms with Gasteiger partial charge in [0.15, 0.2) is 0 Å². The van der Waals surface area contributed by atoms with Gasteiger partial charge in [0, 0.05) is 12.1 Å². The Kier molecular flexibility index (Phi) is 6.50. The lowest BCUT2D eigenvalue weighted by Gasteiger charge is -2.30. The van der Waals surface area contributed by atoms with Crippen LogP contribution in [0.2, 0.25) is 0 Å². The molecule has 1 saturated carbocycles. The van der Waals surface area contributed by atoms with Gasteiger partial charge in [-0.3, -0.25) is 0 Å². The lowest BCUT2D eigenvalue weighted by molar-refractivity contribution is 0.177. The van der Waals surface area contributed by atoms with E-state index in [1.54, 1.807) is 0 Å². The van der Waals surface area contributed by atoms with Gasteiger partial charge in [0.25, 0.3) is 0 Å². The second kappa shape index (κ2) is 7.38. The molecule has 0 amide bonds. The van der Waals surface area contributed by atoms with Gasteiger partial charge in [-0.05, 0) is 57.0 Å². The minimum absolute atomic E-state index is 0.459. The number of hydrogen-bond donors (Lipinski definition) is 1. The van der Waals surface area contributed by atoms with Gasteiger partial charge >= 0.3 is 0 Å². The topological polar surface area (TPSA) is 29.3 Å². The Morgan fingerprint density at radius 2 is 1.53 bits per heavy atom. The predicted molar refractivity (Wildman–Crippen MR) is 76.1 cm³/mol. The van der Waals surface area contributed by atoms with Crippen molar-refractivity contribution in [3.8, 4) is 0 Å². The Hall–Kier alpha value is -0.0800. The molecule has 2 unspecified atom stereocenters. The van der Waals surface area contributed by atoms with Gasteiger partial charge in [-0.15, -0.1) is 0 Å². The van der Waals surface area contributed by atoms with E-state index in [1.807, 2.05) is 0 Å². The molecule has 0 saturated heterocycles. The molecule has 0 aromatic heterocycles. The van der Waals surface area contributed by atoms with Crippen LogP contribution in [0, 0.1) is 11.8 Å². The van der Waals surface area contributed by atoms with Gasteiger partial charge in [0.2, 0.25) is 0 Å². The smallest absolute Gasteiger partial charge is 0.0111 e. The SMILES string of the molecule is CC(C)CCN(CCC(C)C)C1CCC(N)C1. The van der Waals surface area contributed by atoms with Crippen molar-refractivity contribution in [3.63, 3.8) is 0 Å². The van der Waals surface area contributed by atoms with Crippen molar-refractivity contribution < 1.29 is 0 Å². The normalized spacial score (nSPS) is 25.4. The van der Waals surface area contributed by atoms with Crippen LogP contribution in [0.15, 0.2) is 0 Å². The minimum Gasteiger partial charge on any atom is -0.328 e. The zero-order valence-electron chi connectivity index (χ0n) is 12.3. The van der Waals surface area contributed by atoms with Crippen molar-refractivity contribution in [1.82, 2.24) is 4.90 Å². The molecule has 1 aliphatic rings. The third kappa shape index (κ3) is 5.87. The number of rotatable bonds is 7. The lowest BCUT2D eigenvalue weighted by atomic mass is 10.1. The number of nitrogens with two attached hydrogens (primary N) is 1. The maximum atomic E-state index is 6.05. The van der Waals surface area contributed by atoms with Crippen LogP contribution in [-0.2, 0) is 0 Å². The average Bonchev–Trinajstić information content (AvgIpc) is 2.64. The van der Waals surface area contributed by atoms with Gasteiger partial charge in [0.05, 0.1) is 0 Å². The summed E-state index contributed by atoms with van der Waals surface area (Å²) in [7, 11) is 0. The summed E-state index contributed by atoms with van der Waals surface area (Å²) >= 11 is 0. The molecule has 2 nitrogen and oxygen atoms in total. The van der Waals surface area contributed by atoms with Gasteiger partial charge in [-0.1, -0.05) is 27.7 Å². The van der Waals surface area contributed by atoms with Crippen LogP contribution in [-0.4, -0.2) is 30.1 Å². The fourth-order valence-electron chi connectivity index (χ4n) is 2.65. The monoisotopic (exact) mass is 240 g/mol. The van der Waals surface area contributed by atoms with Crippen LogP contribution in [0.1, 0.15) is 59.8 Å². The van der Waals surface area contributed by atoms with Gasteiger partial charge in [0.1, 0.15) is 0 Å². The molecule has 0 heterocycles. The zero-order chi connectivity index (χ0) is 12.8. The molecule has 0 aliphatic heterocycles. The largest absolute Gasteiger partial charge is 0.328 e. The highest BCUT2D eigenvalue weighted by Crippen LogP contribution is 2.24. The molecular formula is C15H32N2. The Morgan fingerprint density at radius 3 is 1.88 bits per heavy atom. The Morgan fingerprint density at radius 1 is 1.00 bits per heavy atom. The third-order valence-electron chi connectivity index (χ3n) is 3.95. The molecule has 2 N–H and O–H groups in total. The van der Waals surface area contributed by atoms with Crippen LogP contribution in [0.5, 0.6) is 0 Å². The summed E-state index contributed by atoms with van der Waals surface area (Å²) in [5.41, 5.74) is 6.05. The van der Waals surface area contributed by atoms with Crippen LogP contribution < -0.4 is 5.73 Å². The standard InChI is InChI=1S/C15H32N2/c1-12(2)7-9-17(10-8-13(3)4)15-6-5-14(16)11-15/h12-15H,5-11,16H2,1-4H3. The van der Waals surface area contributed by atoms with E-state index in [4.69, 9.17) is 5.73 Å². The van der Waals surface area contributed by atoms with E-state index in [0.717, 1.165) is 17.9 Å². The Bertz CT molecular complexity index is 189. The van der Waals surface area contributed by atoms with Crippen molar-refractivity contribution in [2.45, 2.75) is 71.9 Å².